The smallest absolute Gasteiger partial charge is 0.233 e. The fraction of sp³-hybridized carbons (Fsp3) is 0.211. The standard InChI is InChI=1S/C19H20N4OS/c1-14-8-6-7-11-16(14)12-23(2)17(24)13-25-19-20-18(21-22-19)15-9-4-3-5-10-15/h3-11H,12-13H2,1-2H3,(H,20,21,22). The average Bonchev–Trinajstić information content (AvgIpc) is 3.11. The zero-order chi connectivity index (χ0) is 17.6. The lowest BCUT2D eigenvalue weighted by Gasteiger charge is -2.18. The largest absolute Gasteiger partial charge is 0.341 e. The zero-order valence-corrected chi connectivity index (χ0v) is 15.1. The first-order chi connectivity index (χ1) is 12.1. The summed E-state index contributed by atoms with van der Waals surface area (Å²) < 4.78 is 0. The number of carbonyl (C=O) groups excluding carboxylic acids is 1. The minimum absolute atomic E-state index is 0.0549. The third kappa shape index (κ3) is 4.48. The summed E-state index contributed by atoms with van der Waals surface area (Å²) in [5.41, 5.74) is 3.33. The number of aromatic nitrogens is 3. The molecule has 1 amide bonds. The summed E-state index contributed by atoms with van der Waals surface area (Å²) in [4.78, 5) is 18.5. The van der Waals surface area contributed by atoms with Gasteiger partial charge < -0.3 is 4.90 Å². The highest BCUT2D eigenvalue weighted by Gasteiger charge is 2.13. The minimum Gasteiger partial charge on any atom is -0.341 e. The number of amides is 1. The van der Waals surface area contributed by atoms with Gasteiger partial charge in [0, 0.05) is 19.2 Å². The highest BCUT2D eigenvalue weighted by molar-refractivity contribution is 7.99. The maximum absolute atomic E-state index is 12.3. The predicted molar refractivity (Wildman–Crippen MR) is 100 cm³/mol. The van der Waals surface area contributed by atoms with E-state index in [2.05, 4.69) is 28.2 Å². The molecule has 128 valence electrons. The number of benzene rings is 2. The van der Waals surface area contributed by atoms with Crippen LogP contribution in [0, 0.1) is 6.92 Å². The molecule has 0 bridgehead atoms. The molecule has 0 aliphatic heterocycles. The molecule has 0 fully saturated rings. The molecule has 0 spiro atoms. The number of nitrogens with one attached hydrogen (secondary N) is 1. The maximum atomic E-state index is 12.3. The van der Waals surface area contributed by atoms with Gasteiger partial charge in [-0.2, -0.15) is 0 Å². The maximum Gasteiger partial charge on any atom is 0.233 e. The van der Waals surface area contributed by atoms with E-state index in [-0.39, 0.29) is 5.91 Å². The Morgan fingerprint density at radius 2 is 1.84 bits per heavy atom. The molecule has 0 radical (unpaired) electrons. The lowest BCUT2D eigenvalue weighted by molar-refractivity contribution is -0.127. The van der Waals surface area contributed by atoms with Gasteiger partial charge in [0.1, 0.15) is 0 Å². The van der Waals surface area contributed by atoms with Gasteiger partial charge >= 0.3 is 0 Å². The number of H-pyrrole nitrogens is 1. The first kappa shape index (κ1) is 17.2. The van der Waals surface area contributed by atoms with Gasteiger partial charge in [0.15, 0.2) is 5.82 Å². The van der Waals surface area contributed by atoms with E-state index in [4.69, 9.17) is 0 Å². The van der Waals surface area contributed by atoms with Crippen molar-refractivity contribution in [1.82, 2.24) is 20.1 Å². The van der Waals surface area contributed by atoms with Crippen LogP contribution in [0.2, 0.25) is 0 Å². The molecule has 25 heavy (non-hydrogen) atoms. The molecule has 0 aliphatic carbocycles. The number of rotatable bonds is 6. The van der Waals surface area contributed by atoms with Crippen LogP contribution >= 0.6 is 11.8 Å². The first-order valence-corrected chi connectivity index (χ1v) is 9.01. The van der Waals surface area contributed by atoms with E-state index in [1.165, 1.54) is 17.3 Å². The molecule has 0 saturated heterocycles. The van der Waals surface area contributed by atoms with Crippen LogP contribution in [0.1, 0.15) is 11.1 Å². The van der Waals surface area contributed by atoms with Gasteiger partial charge in [-0.15, -0.1) is 5.10 Å². The third-order valence-electron chi connectivity index (χ3n) is 3.93. The van der Waals surface area contributed by atoms with Crippen molar-refractivity contribution in [3.63, 3.8) is 0 Å². The summed E-state index contributed by atoms with van der Waals surface area (Å²) in [5.74, 6) is 1.08. The molecule has 0 unspecified atom stereocenters. The molecule has 0 atom stereocenters. The SMILES string of the molecule is Cc1ccccc1CN(C)C(=O)CSc1n[nH]c(-c2ccccc2)n1. The number of aryl methyl sites for hydroxylation is 1. The molecule has 3 aromatic rings. The summed E-state index contributed by atoms with van der Waals surface area (Å²) in [5, 5.41) is 7.67. The molecule has 2 aromatic carbocycles. The van der Waals surface area contributed by atoms with E-state index in [1.54, 1.807) is 4.90 Å². The van der Waals surface area contributed by atoms with Crippen LogP contribution in [0.5, 0.6) is 0 Å². The number of carbonyl (C=O) groups is 1. The molecule has 1 aromatic heterocycles. The molecular formula is C19H20N4OS. The molecule has 1 N–H and O–H groups in total. The second-order valence-electron chi connectivity index (χ2n) is 5.80. The Kier molecular flexibility index (Phi) is 5.50. The molecule has 0 aliphatic rings. The number of aromatic amines is 1. The minimum atomic E-state index is 0.0549. The Balaban J connectivity index is 1.55. The van der Waals surface area contributed by atoms with E-state index in [0.717, 1.165) is 11.1 Å². The van der Waals surface area contributed by atoms with Gasteiger partial charge in [0.2, 0.25) is 11.1 Å². The highest BCUT2D eigenvalue weighted by atomic mass is 32.2. The topological polar surface area (TPSA) is 61.9 Å². The molecule has 3 rings (SSSR count). The Hall–Kier alpha value is -2.60. The van der Waals surface area contributed by atoms with Crippen molar-refractivity contribution < 1.29 is 4.79 Å². The lowest BCUT2D eigenvalue weighted by Crippen LogP contribution is -2.28. The van der Waals surface area contributed by atoms with Crippen molar-refractivity contribution in [2.24, 2.45) is 0 Å². The summed E-state index contributed by atoms with van der Waals surface area (Å²) in [6.45, 7) is 2.66. The fourth-order valence-corrected chi connectivity index (χ4v) is 3.14. The first-order valence-electron chi connectivity index (χ1n) is 8.02. The summed E-state index contributed by atoms with van der Waals surface area (Å²) >= 11 is 1.34. The lowest BCUT2D eigenvalue weighted by atomic mass is 10.1. The third-order valence-corrected chi connectivity index (χ3v) is 4.76. The van der Waals surface area contributed by atoms with E-state index < -0.39 is 0 Å². The second-order valence-corrected chi connectivity index (χ2v) is 6.74. The van der Waals surface area contributed by atoms with Gasteiger partial charge in [-0.05, 0) is 18.1 Å². The van der Waals surface area contributed by atoms with Crippen LogP contribution in [0.3, 0.4) is 0 Å². The Morgan fingerprint density at radius 3 is 2.60 bits per heavy atom. The van der Waals surface area contributed by atoms with Crippen molar-refractivity contribution in [1.29, 1.82) is 0 Å². The van der Waals surface area contributed by atoms with Crippen LogP contribution in [0.4, 0.5) is 0 Å². The van der Waals surface area contributed by atoms with E-state index in [0.29, 0.717) is 23.3 Å². The molecule has 0 saturated carbocycles. The van der Waals surface area contributed by atoms with Crippen LogP contribution < -0.4 is 0 Å². The molecular weight excluding hydrogens is 332 g/mol. The predicted octanol–water partition coefficient (Wildman–Crippen LogP) is 3.53. The zero-order valence-electron chi connectivity index (χ0n) is 14.3. The van der Waals surface area contributed by atoms with Gasteiger partial charge in [0.05, 0.1) is 5.75 Å². The Morgan fingerprint density at radius 1 is 1.12 bits per heavy atom. The van der Waals surface area contributed by atoms with E-state index >= 15 is 0 Å². The van der Waals surface area contributed by atoms with Crippen LogP contribution in [-0.4, -0.2) is 38.8 Å². The highest BCUT2D eigenvalue weighted by Crippen LogP contribution is 2.19. The monoisotopic (exact) mass is 352 g/mol. The summed E-state index contributed by atoms with van der Waals surface area (Å²) in [6.07, 6.45) is 0. The Labute approximate surface area is 151 Å². The van der Waals surface area contributed by atoms with Crippen molar-refractivity contribution in [2.45, 2.75) is 18.6 Å². The quantitative estimate of drug-likeness (QED) is 0.690. The molecule has 1 heterocycles. The molecule has 5 nitrogen and oxygen atoms in total. The van der Waals surface area contributed by atoms with Gasteiger partial charge in [0.25, 0.3) is 0 Å². The van der Waals surface area contributed by atoms with E-state index in [1.807, 2.05) is 55.6 Å². The van der Waals surface area contributed by atoms with Crippen LogP contribution in [0.25, 0.3) is 11.4 Å². The Bertz CT molecular complexity index is 847. The van der Waals surface area contributed by atoms with Crippen molar-refractivity contribution >= 4 is 17.7 Å². The van der Waals surface area contributed by atoms with Gasteiger partial charge in [-0.25, -0.2) is 4.98 Å². The normalized spacial score (nSPS) is 10.6. The van der Waals surface area contributed by atoms with Gasteiger partial charge in [-0.1, -0.05) is 66.4 Å². The van der Waals surface area contributed by atoms with E-state index in [9.17, 15) is 4.79 Å². The number of hydrogen-bond donors (Lipinski definition) is 1. The summed E-state index contributed by atoms with van der Waals surface area (Å²) in [7, 11) is 1.82. The van der Waals surface area contributed by atoms with Crippen molar-refractivity contribution in [3.05, 3.63) is 65.7 Å². The van der Waals surface area contributed by atoms with Gasteiger partial charge in [-0.3, -0.25) is 9.89 Å². The number of hydrogen-bond acceptors (Lipinski definition) is 4. The number of nitrogens with zero attached hydrogens (tertiary/aromatic N) is 3. The fourth-order valence-electron chi connectivity index (χ4n) is 2.40. The second kappa shape index (κ2) is 7.98. The van der Waals surface area contributed by atoms with Crippen molar-refractivity contribution in [3.8, 4) is 11.4 Å². The van der Waals surface area contributed by atoms with Crippen LogP contribution in [0.15, 0.2) is 59.8 Å². The molecule has 6 heteroatoms. The summed E-state index contributed by atoms with van der Waals surface area (Å²) in [6, 6.07) is 17.9. The van der Waals surface area contributed by atoms with Crippen molar-refractivity contribution in [2.75, 3.05) is 12.8 Å². The average molecular weight is 352 g/mol. The number of thioether (sulfide) groups is 1. The van der Waals surface area contributed by atoms with Crippen LogP contribution in [-0.2, 0) is 11.3 Å².